The van der Waals surface area contributed by atoms with E-state index in [1.165, 1.54) is 11.3 Å². The largest absolute Gasteiger partial charge is 0.339 e. The molecule has 0 unspecified atom stereocenters. The summed E-state index contributed by atoms with van der Waals surface area (Å²) in [5.74, 6) is 1.01. The van der Waals surface area contributed by atoms with Crippen LogP contribution in [0.4, 0.5) is 9.93 Å². The minimum atomic E-state index is -0.108. The predicted octanol–water partition coefficient (Wildman–Crippen LogP) is 1.71. The van der Waals surface area contributed by atoms with Crippen LogP contribution in [0, 0.1) is 0 Å². The first-order valence-electron chi connectivity index (χ1n) is 7.02. The van der Waals surface area contributed by atoms with Crippen LogP contribution >= 0.6 is 11.3 Å². The van der Waals surface area contributed by atoms with Crippen LogP contribution in [0.25, 0.3) is 11.4 Å². The molecule has 1 fully saturated rings. The maximum atomic E-state index is 11.6. The van der Waals surface area contributed by atoms with Crippen molar-refractivity contribution in [3.05, 3.63) is 41.5 Å². The van der Waals surface area contributed by atoms with Crippen molar-refractivity contribution in [3.63, 3.8) is 0 Å². The fraction of sp³-hybridized carbons (Fsp3) is 0.214. The van der Waals surface area contributed by atoms with E-state index in [1.54, 1.807) is 17.3 Å². The summed E-state index contributed by atoms with van der Waals surface area (Å²) in [6, 6.07) is 3.53. The molecule has 116 valence electrons. The van der Waals surface area contributed by atoms with Gasteiger partial charge in [0.15, 0.2) is 5.13 Å². The van der Waals surface area contributed by atoms with Gasteiger partial charge < -0.3 is 9.84 Å². The standard InChI is InChI=1S/C14H12N6O2S/c21-13-16-5-6-20(13)14-17-10(8-23-14)7-11-18-12(19-22-11)9-1-3-15-4-2-9/h1-4,8H,5-7H2,(H,16,21). The lowest BCUT2D eigenvalue weighted by atomic mass is 10.2. The summed E-state index contributed by atoms with van der Waals surface area (Å²) in [6.07, 6.45) is 3.79. The normalized spacial score (nSPS) is 14.3. The number of rotatable bonds is 4. The van der Waals surface area contributed by atoms with E-state index in [1.807, 2.05) is 17.5 Å². The first kappa shape index (κ1) is 13.8. The Morgan fingerprint density at radius 3 is 2.96 bits per heavy atom. The van der Waals surface area contributed by atoms with Crippen LogP contribution in [0.3, 0.4) is 0 Å². The van der Waals surface area contributed by atoms with Crippen LogP contribution in [0.15, 0.2) is 34.4 Å². The Morgan fingerprint density at radius 1 is 1.30 bits per heavy atom. The molecule has 9 heteroatoms. The lowest BCUT2D eigenvalue weighted by Crippen LogP contribution is -2.27. The van der Waals surface area contributed by atoms with Crippen LogP contribution in [0.2, 0.25) is 0 Å². The zero-order chi connectivity index (χ0) is 15.6. The molecule has 1 aliphatic rings. The third kappa shape index (κ3) is 2.78. The Morgan fingerprint density at radius 2 is 2.17 bits per heavy atom. The molecule has 1 aliphatic heterocycles. The van der Waals surface area contributed by atoms with E-state index >= 15 is 0 Å². The van der Waals surface area contributed by atoms with Gasteiger partial charge in [0, 0.05) is 36.4 Å². The van der Waals surface area contributed by atoms with Crippen molar-refractivity contribution in [1.82, 2.24) is 25.4 Å². The summed E-state index contributed by atoms with van der Waals surface area (Å²) in [7, 11) is 0. The summed E-state index contributed by atoms with van der Waals surface area (Å²) < 4.78 is 5.27. The highest BCUT2D eigenvalue weighted by Crippen LogP contribution is 2.23. The highest BCUT2D eigenvalue weighted by atomic mass is 32.1. The van der Waals surface area contributed by atoms with Gasteiger partial charge >= 0.3 is 6.03 Å². The average molecular weight is 328 g/mol. The molecule has 0 radical (unpaired) electrons. The molecule has 0 bridgehead atoms. The molecule has 3 aromatic rings. The summed E-state index contributed by atoms with van der Waals surface area (Å²) in [5.41, 5.74) is 1.65. The predicted molar refractivity (Wildman–Crippen MR) is 83.2 cm³/mol. The minimum absolute atomic E-state index is 0.108. The van der Waals surface area contributed by atoms with Gasteiger partial charge in [0.1, 0.15) is 0 Å². The van der Waals surface area contributed by atoms with E-state index in [0.29, 0.717) is 36.4 Å². The monoisotopic (exact) mass is 328 g/mol. The van der Waals surface area contributed by atoms with Crippen LogP contribution in [-0.2, 0) is 6.42 Å². The molecule has 4 rings (SSSR count). The minimum Gasteiger partial charge on any atom is -0.339 e. The maximum absolute atomic E-state index is 11.6. The second-order valence-electron chi connectivity index (χ2n) is 4.93. The lowest BCUT2D eigenvalue weighted by molar-refractivity contribution is 0.252. The van der Waals surface area contributed by atoms with E-state index in [2.05, 4.69) is 25.4 Å². The molecule has 0 spiro atoms. The van der Waals surface area contributed by atoms with Gasteiger partial charge in [0.25, 0.3) is 0 Å². The summed E-state index contributed by atoms with van der Waals surface area (Å²) in [4.78, 5) is 26.1. The van der Waals surface area contributed by atoms with Gasteiger partial charge in [-0.15, -0.1) is 11.3 Å². The number of hydrogen-bond acceptors (Lipinski definition) is 7. The highest BCUT2D eigenvalue weighted by molar-refractivity contribution is 7.14. The van der Waals surface area contributed by atoms with Crippen molar-refractivity contribution < 1.29 is 9.32 Å². The molecule has 1 N–H and O–H groups in total. The number of urea groups is 1. The van der Waals surface area contributed by atoms with Gasteiger partial charge in [-0.3, -0.25) is 9.88 Å². The van der Waals surface area contributed by atoms with Crippen LogP contribution in [-0.4, -0.2) is 39.2 Å². The molecule has 23 heavy (non-hydrogen) atoms. The Balaban J connectivity index is 1.50. The second kappa shape index (κ2) is 5.76. The highest BCUT2D eigenvalue weighted by Gasteiger charge is 2.24. The number of pyridine rings is 1. The van der Waals surface area contributed by atoms with E-state index < -0.39 is 0 Å². The number of anilines is 1. The number of nitrogens with one attached hydrogen (secondary N) is 1. The van der Waals surface area contributed by atoms with Crippen molar-refractivity contribution in [1.29, 1.82) is 0 Å². The van der Waals surface area contributed by atoms with Gasteiger partial charge in [0.05, 0.1) is 12.1 Å². The number of carbonyl (C=O) groups excluding carboxylic acids is 1. The number of amides is 2. The van der Waals surface area contributed by atoms with Crippen molar-refractivity contribution in [2.45, 2.75) is 6.42 Å². The van der Waals surface area contributed by atoms with Gasteiger partial charge in [-0.2, -0.15) is 4.98 Å². The molecule has 0 aromatic carbocycles. The van der Waals surface area contributed by atoms with Crippen molar-refractivity contribution in [2.75, 3.05) is 18.0 Å². The molecular formula is C14H12N6O2S. The average Bonchev–Trinajstić information content (AvgIpc) is 3.30. The summed E-state index contributed by atoms with van der Waals surface area (Å²) >= 11 is 1.43. The maximum Gasteiger partial charge on any atom is 0.323 e. The molecule has 1 saturated heterocycles. The molecule has 0 atom stereocenters. The Hall–Kier alpha value is -2.81. The molecule has 0 aliphatic carbocycles. The SMILES string of the molecule is O=C1NCCN1c1nc(Cc2nc(-c3ccncc3)no2)cs1. The quantitative estimate of drug-likeness (QED) is 0.783. The zero-order valence-electron chi connectivity index (χ0n) is 12.0. The summed E-state index contributed by atoms with van der Waals surface area (Å²) in [5, 5.41) is 9.31. The number of nitrogens with zero attached hydrogens (tertiary/aromatic N) is 5. The Bertz CT molecular complexity index is 831. The van der Waals surface area contributed by atoms with Gasteiger partial charge in [-0.25, -0.2) is 9.78 Å². The van der Waals surface area contributed by atoms with Gasteiger partial charge in [-0.05, 0) is 12.1 Å². The fourth-order valence-electron chi connectivity index (χ4n) is 2.26. The third-order valence-electron chi connectivity index (χ3n) is 3.37. The number of carbonyl (C=O) groups is 1. The Kier molecular flexibility index (Phi) is 3.46. The number of aromatic nitrogens is 4. The van der Waals surface area contributed by atoms with Gasteiger partial charge in [-0.1, -0.05) is 5.16 Å². The Labute approximate surface area is 135 Å². The first-order chi connectivity index (χ1) is 11.3. The molecule has 2 amide bonds. The van der Waals surface area contributed by atoms with Crippen molar-refractivity contribution in [3.8, 4) is 11.4 Å². The summed E-state index contributed by atoms with van der Waals surface area (Å²) in [6.45, 7) is 1.28. The fourth-order valence-corrected chi connectivity index (χ4v) is 3.10. The van der Waals surface area contributed by atoms with Crippen molar-refractivity contribution in [2.24, 2.45) is 0 Å². The van der Waals surface area contributed by atoms with E-state index in [4.69, 9.17) is 4.52 Å². The number of thiazole rings is 1. The van der Waals surface area contributed by atoms with Crippen LogP contribution in [0.1, 0.15) is 11.6 Å². The van der Waals surface area contributed by atoms with E-state index in [0.717, 1.165) is 11.3 Å². The zero-order valence-corrected chi connectivity index (χ0v) is 12.8. The molecule has 0 saturated carbocycles. The molecular weight excluding hydrogens is 316 g/mol. The second-order valence-corrected chi connectivity index (χ2v) is 5.77. The van der Waals surface area contributed by atoms with E-state index in [-0.39, 0.29) is 6.03 Å². The van der Waals surface area contributed by atoms with Crippen molar-refractivity contribution >= 4 is 22.5 Å². The molecule has 4 heterocycles. The lowest BCUT2D eigenvalue weighted by Gasteiger charge is -2.08. The molecule has 3 aromatic heterocycles. The van der Waals surface area contributed by atoms with Crippen LogP contribution in [0.5, 0.6) is 0 Å². The topological polar surface area (TPSA) is 97.0 Å². The van der Waals surface area contributed by atoms with Crippen LogP contribution < -0.4 is 10.2 Å². The van der Waals surface area contributed by atoms with E-state index in [9.17, 15) is 4.79 Å². The molecule has 8 nitrogen and oxygen atoms in total. The van der Waals surface area contributed by atoms with Gasteiger partial charge in [0.2, 0.25) is 11.7 Å². The smallest absolute Gasteiger partial charge is 0.323 e. The number of hydrogen-bond donors (Lipinski definition) is 1. The third-order valence-corrected chi connectivity index (χ3v) is 4.28. The first-order valence-corrected chi connectivity index (χ1v) is 7.90.